The van der Waals surface area contributed by atoms with Gasteiger partial charge in [-0.15, -0.1) is 0 Å². The molecule has 0 radical (unpaired) electrons. The number of sulfone groups is 1. The summed E-state index contributed by atoms with van der Waals surface area (Å²) in [6.07, 6.45) is 8.02. The van der Waals surface area contributed by atoms with Crippen molar-refractivity contribution in [3.05, 3.63) is 11.6 Å². The number of allylic oxidation sites excluding steroid dienone is 1. The largest absolute Gasteiger partial charge is 0.355 e. The van der Waals surface area contributed by atoms with Crippen LogP contribution in [-0.4, -0.2) is 56.3 Å². The maximum Gasteiger partial charge on any atom is 0.232 e. The first-order chi connectivity index (χ1) is 10.9. The molecule has 1 aliphatic heterocycles. The van der Waals surface area contributed by atoms with E-state index in [9.17, 15) is 18.0 Å². The molecular formula is C16H26N2O4S. The molecule has 1 aliphatic carbocycles. The summed E-state index contributed by atoms with van der Waals surface area (Å²) in [6, 6.07) is -0.298. The van der Waals surface area contributed by atoms with E-state index in [1.165, 1.54) is 23.3 Å². The summed E-state index contributed by atoms with van der Waals surface area (Å²) < 4.78 is 22.9. The van der Waals surface area contributed by atoms with Gasteiger partial charge in [-0.25, -0.2) is 8.42 Å². The Hall–Kier alpha value is -1.37. The van der Waals surface area contributed by atoms with Gasteiger partial charge in [0.05, 0.1) is 11.5 Å². The van der Waals surface area contributed by atoms with Crippen molar-refractivity contribution in [1.82, 2.24) is 10.2 Å². The molecule has 1 fully saturated rings. The van der Waals surface area contributed by atoms with E-state index in [1.54, 1.807) is 7.05 Å². The van der Waals surface area contributed by atoms with Crippen LogP contribution in [-0.2, 0) is 19.4 Å². The van der Waals surface area contributed by atoms with Gasteiger partial charge in [0.1, 0.15) is 6.42 Å². The van der Waals surface area contributed by atoms with Crippen molar-refractivity contribution in [2.45, 2.75) is 51.0 Å². The summed E-state index contributed by atoms with van der Waals surface area (Å²) in [5, 5.41) is 2.78. The van der Waals surface area contributed by atoms with E-state index in [2.05, 4.69) is 11.4 Å². The van der Waals surface area contributed by atoms with Gasteiger partial charge in [0.2, 0.25) is 11.8 Å². The van der Waals surface area contributed by atoms with E-state index in [4.69, 9.17) is 0 Å². The van der Waals surface area contributed by atoms with Crippen LogP contribution in [0.3, 0.4) is 0 Å². The van der Waals surface area contributed by atoms with Crippen molar-refractivity contribution < 1.29 is 18.0 Å². The summed E-state index contributed by atoms with van der Waals surface area (Å²) in [7, 11) is -1.45. The molecule has 2 rings (SSSR count). The average Bonchev–Trinajstić information content (AvgIpc) is 2.87. The highest BCUT2D eigenvalue weighted by molar-refractivity contribution is 7.91. The molecule has 1 heterocycles. The van der Waals surface area contributed by atoms with Crippen molar-refractivity contribution in [1.29, 1.82) is 0 Å². The maximum absolute atomic E-state index is 12.1. The lowest BCUT2D eigenvalue weighted by molar-refractivity contribution is -0.136. The number of carbonyl (C=O) groups is 2. The Labute approximate surface area is 138 Å². The first kappa shape index (κ1) is 18.0. The fraction of sp³-hybridized carbons (Fsp3) is 0.750. The Balaban J connectivity index is 1.69. The quantitative estimate of drug-likeness (QED) is 0.577. The second kappa shape index (κ2) is 7.95. The lowest BCUT2D eigenvalue weighted by Crippen LogP contribution is -2.40. The number of rotatable bonds is 6. The molecule has 2 aliphatic rings. The summed E-state index contributed by atoms with van der Waals surface area (Å²) in [4.78, 5) is 25.3. The van der Waals surface area contributed by atoms with Gasteiger partial charge in [0, 0.05) is 19.6 Å². The molecule has 23 heavy (non-hydrogen) atoms. The fourth-order valence-corrected chi connectivity index (χ4v) is 4.88. The molecule has 1 atom stereocenters. The smallest absolute Gasteiger partial charge is 0.232 e. The molecule has 0 saturated carbocycles. The lowest BCUT2D eigenvalue weighted by atomic mass is 9.97. The molecule has 1 N–H and O–H groups in total. The molecule has 0 spiro atoms. The molecule has 0 aromatic carbocycles. The van der Waals surface area contributed by atoms with Crippen molar-refractivity contribution in [2.24, 2.45) is 0 Å². The Morgan fingerprint density at radius 3 is 2.74 bits per heavy atom. The SMILES string of the molecule is CN(C(=O)CC(=O)NCCC1=CCCCC1)C1CCS(=O)(=O)C1. The van der Waals surface area contributed by atoms with Crippen LogP contribution < -0.4 is 5.32 Å². The van der Waals surface area contributed by atoms with Gasteiger partial charge >= 0.3 is 0 Å². The van der Waals surface area contributed by atoms with Crippen molar-refractivity contribution >= 4 is 21.7 Å². The Morgan fingerprint density at radius 1 is 1.35 bits per heavy atom. The van der Waals surface area contributed by atoms with Crippen LogP contribution in [0, 0.1) is 0 Å². The number of hydrogen-bond donors (Lipinski definition) is 1. The Morgan fingerprint density at radius 2 is 2.13 bits per heavy atom. The van der Waals surface area contributed by atoms with E-state index in [1.807, 2.05) is 0 Å². The van der Waals surface area contributed by atoms with Crippen LogP contribution in [0.5, 0.6) is 0 Å². The topological polar surface area (TPSA) is 83.6 Å². The minimum absolute atomic E-state index is 0.00497. The number of amides is 2. The third-order valence-corrected chi connectivity index (χ3v) is 6.36. The van der Waals surface area contributed by atoms with Gasteiger partial charge in [-0.05, 0) is 38.5 Å². The third kappa shape index (κ3) is 5.64. The molecule has 130 valence electrons. The van der Waals surface area contributed by atoms with Crippen LogP contribution in [0.2, 0.25) is 0 Å². The highest BCUT2D eigenvalue weighted by Crippen LogP contribution is 2.19. The van der Waals surface area contributed by atoms with Crippen molar-refractivity contribution in [2.75, 3.05) is 25.1 Å². The maximum atomic E-state index is 12.1. The number of carbonyl (C=O) groups excluding carboxylic acids is 2. The molecular weight excluding hydrogens is 316 g/mol. The van der Waals surface area contributed by atoms with Gasteiger partial charge in [0.15, 0.2) is 9.84 Å². The zero-order chi connectivity index (χ0) is 16.9. The highest BCUT2D eigenvalue weighted by atomic mass is 32.2. The molecule has 2 amide bonds. The van der Waals surface area contributed by atoms with E-state index < -0.39 is 9.84 Å². The standard InChI is InChI=1S/C16H26N2O4S/c1-18(14-8-10-23(21,22)12-14)16(20)11-15(19)17-9-7-13-5-3-2-4-6-13/h5,14H,2-4,6-12H2,1H3,(H,17,19). The molecule has 1 saturated heterocycles. The minimum atomic E-state index is -3.03. The van der Waals surface area contributed by atoms with Gasteiger partial charge in [-0.1, -0.05) is 11.6 Å². The number of nitrogens with one attached hydrogen (secondary N) is 1. The Bertz CT molecular complexity index is 583. The van der Waals surface area contributed by atoms with Gasteiger partial charge in [0.25, 0.3) is 0 Å². The first-order valence-corrected chi connectivity index (χ1v) is 10.1. The summed E-state index contributed by atoms with van der Waals surface area (Å²) in [5.74, 6) is -0.484. The molecule has 0 aromatic rings. The third-order valence-electron chi connectivity index (χ3n) is 4.61. The first-order valence-electron chi connectivity index (χ1n) is 8.28. The monoisotopic (exact) mass is 342 g/mol. The predicted molar refractivity (Wildman–Crippen MR) is 88.6 cm³/mol. The van der Waals surface area contributed by atoms with Crippen LogP contribution in [0.25, 0.3) is 0 Å². The Kier molecular flexibility index (Phi) is 6.21. The van der Waals surface area contributed by atoms with Gasteiger partial charge in [-0.2, -0.15) is 0 Å². The second-order valence-corrected chi connectivity index (χ2v) is 8.68. The lowest BCUT2D eigenvalue weighted by Gasteiger charge is -2.23. The van der Waals surface area contributed by atoms with Crippen LogP contribution in [0.4, 0.5) is 0 Å². The zero-order valence-electron chi connectivity index (χ0n) is 13.7. The summed E-state index contributed by atoms with van der Waals surface area (Å²) in [6.45, 7) is 0.555. The van der Waals surface area contributed by atoms with Crippen molar-refractivity contribution in [3.63, 3.8) is 0 Å². The molecule has 6 nitrogen and oxygen atoms in total. The normalized spacial score (nSPS) is 23.2. The van der Waals surface area contributed by atoms with Crippen molar-refractivity contribution in [3.8, 4) is 0 Å². The molecule has 0 aromatic heterocycles. The van der Waals surface area contributed by atoms with Gasteiger partial charge < -0.3 is 10.2 Å². The van der Waals surface area contributed by atoms with E-state index in [0.29, 0.717) is 13.0 Å². The average molecular weight is 342 g/mol. The fourth-order valence-electron chi connectivity index (χ4n) is 3.10. The van der Waals surface area contributed by atoms with E-state index in [-0.39, 0.29) is 35.8 Å². The molecule has 0 bridgehead atoms. The molecule has 1 unspecified atom stereocenters. The van der Waals surface area contributed by atoms with Crippen LogP contribution >= 0.6 is 0 Å². The zero-order valence-corrected chi connectivity index (χ0v) is 14.5. The number of nitrogens with zero attached hydrogens (tertiary/aromatic N) is 1. The van der Waals surface area contributed by atoms with Crippen LogP contribution in [0.1, 0.15) is 44.9 Å². The van der Waals surface area contributed by atoms with Gasteiger partial charge in [-0.3, -0.25) is 9.59 Å². The molecule has 7 heteroatoms. The second-order valence-electron chi connectivity index (χ2n) is 6.45. The predicted octanol–water partition coefficient (Wildman–Crippen LogP) is 1.03. The highest BCUT2D eigenvalue weighted by Gasteiger charge is 2.33. The summed E-state index contributed by atoms with van der Waals surface area (Å²) >= 11 is 0. The number of hydrogen-bond acceptors (Lipinski definition) is 4. The van der Waals surface area contributed by atoms with E-state index in [0.717, 1.165) is 19.3 Å². The summed E-state index contributed by atoms with van der Waals surface area (Å²) in [5.41, 5.74) is 1.39. The van der Waals surface area contributed by atoms with E-state index >= 15 is 0 Å². The van der Waals surface area contributed by atoms with Crippen LogP contribution in [0.15, 0.2) is 11.6 Å². The minimum Gasteiger partial charge on any atom is -0.355 e.